The number of halogens is 2. The lowest BCUT2D eigenvalue weighted by atomic mass is 10.2. The number of nitrogens with one attached hydrogen (secondary N) is 1. The molecule has 0 aromatic heterocycles. The zero-order valence-electron chi connectivity index (χ0n) is 16.0. The molecule has 0 aliphatic heterocycles. The van der Waals surface area contributed by atoms with Gasteiger partial charge in [-0.3, -0.25) is 9.10 Å². The molecule has 2 aromatic rings. The highest BCUT2D eigenvalue weighted by Gasteiger charge is 2.22. The number of sulfonamides is 1. The number of hydrogen-bond acceptors (Lipinski definition) is 5. The van der Waals surface area contributed by atoms with Gasteiger partial charge in [0, 0.05) is 10.7 Å². The fourth-order valence-corrected chi connectivity index (χ4v) is 3.65. The predicted molar refractivity (Wildman–Crippen MR) is 114 cm³/mol. The van der Waals surface area contributed by atoms with Crippen LogP contribution in [0.5, 0.6) is 0 Å². The number of aryl methyl sites for hydroxylation is 1. The van der Waals surface area contributed by atoms with Gasteiger partial charge in [0.25, 0.3) is 0 Å². The van der Waals surface area contributed by atoms with Crippen molar-refractivity contribution >= 4 is 56.5 Å². The number of anilines is 2. The number of ether oxygens (including phenoxy) is 1. The van der Waals surface area contributed by atoms with Crippen LogP contribution in [0.1, 0.15) is 22.8 Å². The average molecular weight is 459 g/mol. The van der Waals surface area contributed by atoms with Crippen molar-refractivity contribution in [2.75, 3.05) is 29.0 Å². The minimum atomic E-state index is -3.75. The van der Waals surface area contributed by atoms with E-state index in [1.807, 2.05) is 0 Å². The van der Waals surface area contributed by atoms with Crippen molar-refractivity contribution in [2.24, 2.45) is 0 Å². The van der Waals surface area contributed by atoms with E-state index in [-0.39, 0.29) is 28.6 Å². The van der Waals surface area contributed by atoms with E-state index in [2.05, 4.69) is 5.32 Å². The number of esters is 1. The van der Waals surface area contributed by atoms with Crippen molar-refractivity contribution in [1.29, 1.82) is 0 Å². The van der Waals surface area contributed by atoms with Crippen molar-refractivity contribution in [3.63, 3.8) is 0 Å². The molecular weight excluding hydrogens is 439 g/mol. The molecular formula is C19H20Cl2N2O5S. The Bertz CT molecular complexity index is 1040. The number of nitrogens with zero attached hydrogens (tertiary/aromatic N) is 1. The molecule has 0 radical (unpaired) electrons. The van der Waals surface area contributed by atoms with Crippen LogP contribution in [0.2, 0.25) is 10.0 Å². The fourth-order valence-electron chi connectivity index (χ4n) is 2.44. The first-order valence-corrected chi connectivity index (χ1v) is 11.1. The lowest BCUT2D eigenvalue weighted by molar-refractivity contribution is -0.114. The van der Waals surface area contributed by atoms with Gasteiger partial charge in [-0.15, -0.1) is 0 Å². The highest BCUT2D eigenvalue weighted by Crippen LogP contribution is 2.25. The summed E-state index contributed by atoms with van der Waals surface area (Å²) in [4.78, 5) is 24.4. The van der Waals surface area contributed by atoms with E-state index in [9.17, 15) is 18.0 Å². The third kappa shape index (κ3) is 6.09. The Morgan fingerprint density at radius 1 is 1.10 bits per heavy atom. The summed E-state index contributed by atoms with van der Waals surface area (Å²) in [6, 6.07) is 9.02. The van der Waals surface area contributed by atoms with E-state index in [1.54, 1.807) is 26.0 Å². The van der Waals surface area contributed by atoms with Crippen LogP contribution in [0, 0.1) is 6.92 Å². The van der Waals surface area contributed by atoms with Crippen LogP contribution in [-0.2, 0) is 19.6 Å². The normalized spacial score (nSPS) is 11.1. The second kappa shape index (κ2) is 9.47. The van der Waals surface area contributed by atoms with Gasteiger partial charge >= 0.3 is 5.97 Å². The first-order valence-electron chi connectivity index (χ1n) is 8.53. The maximum atomic E-state index is 12.5. The fraction of sp³-hybridized carbons (Fsp3) is 0.263. The third-order valence-corrected chi connectivity index (χ3v) is 5.75. The summed E-state index contributed by atoms with van der Waals surface area (Å²) in [5.41, 5.74) is 1.41. The number of hydrogen-bond donors (Lipinski definition) is 1. The molecule has 0 heterocycles. The minimum Gasteiger partial charge on any atom is -0.462 e. The monoisotopic (exact) mass is 458 g/mol. The molecule has 0 atom stereocenters. The topological polar surface area (TPSA) is 92.8 Å². The van der Waals surface area contributed by atoms with Crippen molar-refractivity contribution in [2.45, 2.75) is 13.8 Å². The Hall–Kier alpha value is -2.29. The molecule has 0 aliphatic rings. The Labute approximate surface area is 179 Å². The molecule has 0 fully saturated rings. The van der Waals surface area contributed by atoms with Crippen LogP contribution in [0.15, 0.2) is 36.4 Å². The predicted octanol–water partition coefficient (Wildman–Crippen LogP) is 3.88. The van der Waals surface area contributed by atoms with E-state index >= 15 is 0 Å². The smallest absolute Gasteiger partial charge is 0.339 e. The Morgan fingerprint density at radius 3 is 2.38 bits per heavy atom. The van der Waals surface area contributed by atoms with Gasteiger partial charge in [-0.2, -0.15) is 0 Å². The molecule has 0 saturated heterocycles. The molecule has 0 unspecified atom stereocenters. The average Bonchev–Trinajstić information content (AvgIpc) is 2.63. The third-order valence-electron chi connectivity index (χ3n) is 3.88. The molecule has 7 nitrogen and oxygen atoms in total. The van der Waals surface area contributed by atoms with E-state index < -0.39 is 28.4 Å². The summed E-state index contributed by atoms with van der Waals surface area (Å²) in [5, 5.41) is 3.12. The number of amides is 1. The molecule has 0 saturated carbocycles. The molecule has 1 amide bonds. The van der Waals surface area contributed by atoms with Crippen LogP contribution in [0.25, 0.3) is 0 Å². The quantitative estimate of drug-likeness (QED) is 0.635. The summed E-state index contributed by atoms with van der Waals surface area (Å²) in [7, 11) is -3.75. The standard InChI is InChI=1S/C19H20Cl2N2O5S/c1-4-28-19(25)15-9-13(6-8-16(15)20)22-18(24)11-23(29(3,26)27)14-7-5-12(2)17(21)10-14/h5-10H,4,11H2,1-3H3,(H,22,24). The van der Waals surface area contributed by atoms with Crippen LogP contribution in [0.3, 0.4) is 0 Å². The van der Waals surface area contributed by atoms with Gasteiger partial charge in [0.05, 0.1) is 29.1 Å². The SMILES string of the molecule is CCOC(=O)c1cc(NC(=O)CN(c2ccc(C)c(Cl)c2)S(C)(=O)=O)ccc1Cl. The number of carbonyl (C=O) groups excluding carboxylic acids is 2. The second-order valence-corrected chi connectivity index (χ2v) is 8.89. The molecule has 29 heavy (non-hydrogen) atoms. The van der Waals surface area contributed by atoms with Gasteiger partial charge in [-0.05, 0) is 49.7 Å². The molecule has 0 bridgehead atoms. The van der Waals surface area contributed by atoms with E-state index in [0.717, 1.165) is 16.1 Å². The lowest BCUT2D eigenvalue weighted by Crippen LogP contribution is -2.37. The molecule has 1 N–H and O–H groups in total. The van der Waals surface area contributed by atoms with Gasteiger partial charge < -0.3 is 10.1 Å². The molecule has 0 aliphatic carbocycles. The van der Waals surface area contributed by atoms with Gasteiger partial charge in [-0.1, -0.05) is 29.3 Å². The summed E-state index contributed by atoms with van der Waals surface area (Å²) in [6.45, 7) is 3.14. The molecule has 156 valence electrons. The zero-order chi connectivity index (χ0) is 21.8. The Balaban J connectivity index is 2.24. The van der Waals surface area contributed by atoms with Crippen molar-refractivity contribution in [1.82, 2.24) is 0 Å². The molecule has 2 rings (SSSR count). The maximum Gasteiger partial charge on any atom is 0.339 e. The van der Waals surface area contributed by atoms with Gasteiger partial charge in [0.1, 0.15) is 6.54 Å². The summed E-state index contributed by atoms with van der Waals surface area (Å²) < 4.78 is 30.3. The van der Waals surface area contributed by atoms with Crippen molar-refractivity contribution in [3.05, 3.63) is 57.6 Å². The van der Waals surface area contributed by atoms with Crippen molar-refractivity contribution < 1.29 is 22.7 Å². The first kappa shape index (κ1) is 23.0. The number of rotatable bonds is 7. The number of benzene rings is 2. The van der Waals surface area contributed by atoms with E-state index in [0.29, 0.717) is 5.02 Å². The Kier molecular flexibility index (Phi) is 7.51. The molecule has 10 heteroatoms. The van der Waals surface area contributed by atoms with Crippen LogP contribution < -0.4 is 9.62 Å². The summed E-state index contributed by atoms with van der Waals surface area (Å²) >= 11 is 12.1. The van der Waals surface area contributed by atoms with Gasteiger partial charge in [0.15, 0.2) is 0 Å². The van der Waals surface area contributed by atoms with Gasteiger partial charge in [0.2, 0.25) is 15.9 Å². The van der Waals surface area contributed by atoms with Crippen LogP contribution in [0.4, 0.5) is 11.4 Å². The van der Waals surface area contributed by atoms with Gasteiger partial charge in [-0.25, -0.2) is 13.2 Å². The zero-order valence-corrected chi connectivity index (χ0v) is 18.4. The molecule has 2 aromatic carbocycles. The maximum absolute atomic E-state index is 12.5. The van der Waals surface area contributed by atoms with Crippen LogP contribution in [-0.4, -0.2) is 39.7 Å². The Morgan fingerprint density at radius 2 is 1.79 bits per heavy atom. The molecule has 0 spiro atoms. The largest absolute Gasteiger partial charge is 0.462 e. The highest BCUT2D eigenvalue weighted by molar-refractivity contribution is 7.92. The first-order chi connectivity index (χ1) is 13.5. The van der Waals surface area contributed by atoms with E-state index in [4.69, 9.17) is 27.9 Å². The van der Waals surface area contributed by atoms with Crippen molar-refractivity contribution in [3.8, 4) is 0 Å². The number of carbonyl (C=O) groups is 2. The second-order valence-electron chi connectivity index (χ2n) is 6.17. The highest BCUT2D eigenvalue weighted by atomic mass is 35.5. The lowest BCUT2D eigenvalue weighted by Gasteiger charge is -2.22. The van der Waals surface area contributed by atoms with E-state index in [1.165, 1.54) is 24.3 Å². The summed E-state index contributed by atoms with van der Waals surface area (Å²) in [6.07, 6.45) is 0.995. The minimum absolute atomic E-state index is 0.0941. The summed E-state index contributed by atoms with van der Waals surface area (Å²) in [5.74, 6) is -1.23. The van der Waals surface area contributed by atoms with Crippen LogP contribution >= 0.6 is 23.2 Å².